The van der Waals surface area contributed by atoms with E-state index in [9.17, 15) is 9.59 Å². The van der Waals surface area contributed by atoms with Crippen LogP contribution in [0.3, 0.4) is 0 Å². The van der Waals surface area contributed by atoms with Crippen LogP contribution in [0.15, 0.2) is 28.8 Å². The van der Waals surface area contributed by atoms with E-state index in [-0.39, 0.29) is 0 Å². The van der Waals surface area contributed by atoms with Crippen LogP contribution in [0.25, 0.3) is 11.3 Å². The zero-order chi connectivity index (χ0) is 21.4. The largest absolute Gasteiger partial charge is 0.465 e. The van der Waals surface area contributed by atoms with E-state index in [1.165, 1.54) is 18.4 Å². The molecule has 2 heterocycles. The van der Waals surface area contributed by atoms with Gasteiger partial charge in [0, 0.05) is 10.4 Å². The summed E-state index contributed by atoms with van der Waals surface area (Å²) < 4.78 is 10.3. The topological polar surface area (TPSA) is 81.4 Å². The number of carbonyl (C=O) groups is 2. The summed E-state index contributed by atoms with van der Waals surface area (Å²) in [5.74, 6) is 0.0699. The second kappa shape index (κ2) is 8.24. The minimum absolute atomic E-state index is 0.290. The molecule has 0 bridgehead atoms. The van der Waals surface area contributed by atoms with E-state index in [1.54, 1.807) is 25.1 Å². The van der Waals surface area contributed by atoms with Gasteiger partial charge in [-0.15, -0.1) is 11.3 Å². The SMILES string of the molecule is COC(=O)c1c(NC(=O)c2c(-c3ccccc3Cl)noc2C)sc2c1CCC(C)C2. The van der Waals surface area contributed by atoms with Crippen LogP contribution in [0.5, 0.6) is 0 Å². The Labute approximate surface area is 183 Å². The van der Waals surface area contributed by atoms with Crippen molar-refractivity contribution in [3.63, 3.8) is 0 Å². The van der Waals surface area contributed by atoms with Crippen molar-refractivity contribution >= 4 is 39.8 Å². The van der Waals surface area contributed by atoms with Crippen LogP contribution < -0.4 is 5.32 Å². The first kappa shape index (κ1) is 20.6. The number of thiophene rings is 1. The first-order valence-corrected chi connectivity index (χ1v) is 10.9. The van der Waals surface area contributed by atoms with Gasteiger partial charge in [0.2, 0.25) is 0 Å². The molecule has 3 aromatic rings. The Morgan fingerprint density at radius 3 is 2.80 bits per heavy atom. The molecule has 6 nitrogen and oxygen atoms in total. The highest BCUT2D eigenvalue weighted by Crippen LogP contribution is 2.40. The monoisotopic (exact) mass is 444 g/mol. The molecule has 1 atom stereocenters. The van der Waals surface area contributed by atoms with Gasteiger partial charge in [-0.25, -0.2) is 4.79 Å². The number of ether oxygens (including phenoxy) is 1. The molecule has 0 spiro atoms. The molecule has 30 heavy (non-hydrogen) atoms. The third-order valence-corrected chi connectivity index (χ3v) is 6.85. The average molecular weight is 445 g/mol. The van der Waals surface area contributed by atoms with Crippen LogP contribution in [-0.2, 0) is 17.6 Å². The van der Waals surface area contributed by atoms with Crippen molar-refractivity contribution in [1.29, 1.82) is 0 Å². The van der Waals surface area contributed by atoms with Gasteiger partial charge >= 0.3 is 5.97 Å². The molecule has 1 amide bonds. The Bertz CT molecular complexity index is 1130. The van der Waals surface area contributed by atoms with Crippen molar-refractivity contribution in [1.82, 2.24) is 5.16 Å². The van der Waals surface area contributed by atoms with Crippen molar-refractivity contribution < 1.29 is 18.8 Å². The summed E-state index contributed by atoms with van der Waals surface area (Å²) in [5.41, 5.74) is 2.69. The lowest BCUT2D eigenvalue weighted by Gasteiger charge is -2.18. The van der Waals surface area contributed by atoms with Crippen LogP contribution in [0.2, 0.25) is 5.02 Å². The number of hydrogen-bond acceptors (Lipinski definition) is 6. The van der Waals surface area contributed by atoms with Gasteiger partial charge in [0.1, 0.15) is 22.0 Å². The van der Waals surface area contributed by atoms with Gasteiger partial charge < -0.3 is 14.6 Å². The van der Waals surface area contributed by atoms with Crippen molar-refractivity contribution in [3.05, 3.63) is 56.6 Å². The van der Waals surface area contributed by atoms with Gasteiger partial charge in [0.05, 0.1) is 17.7 Å². The van der Waals surface area contributed by atoms with E-state index < -0.39 is 11.9 Å². The fourth-order valence-electron chi connectivity index (χ4n) is 3.80. The third kappa shape index (κ3) is 3.63. The van der Waals surface area contributed by atoms with Crippen LogP contribution in [0.4, 0.5) is 5.00 Å². The van der Waals surface area contributed by atoms with Crippen molar-refractivity contribution in [2.45, 2.75) is 33.1 Å². The van der Waals surface area contributed by atoms with Crippen LogP contribution in [0.1, 0.15) is 50.3 Å². The number of rotatable bonds is 4. The lowest BCUT2D eigenvalue weighted by molar-refractivity contribution is 0.0601. The average Bonchev–Trinajstić information content (AvgIpc) is 3.27. The Hall–Kier alpha value is -2.64. The maximum atomic E-state index is 13.2. The highest BCUT2D eigenvalue weighted by atomic mass is 35.5. The lowest BCUT2D eigenvalue weighted by Crippen LogP contribution is -2.16. The van der Waals surface area contributed by atoms with Crippen molar-refractivity contribution in [2.75, 3.05) is 12.4 Å². The standard InChI is InChI=1S/C22H21ClN2O4S/c1-11-8-9-14-16(10-11)30-21(18(14)22(27)28-3)24-20(26)17-12(2)29-25-19(17)13-6-4-5-7-15(13)23/h4-7,11H,8-10H2,1-3H3,(H,24,26). The summed E-state index contributed by atoms with van der Waals surface area (Å²) in [7, 11) is 1.35. The second-order valence-electron chi connectivity index (χ2n) is 7.44. The van der Waals surface area contributed by atoms with Gasteiger partial charge in [-0.3, -0.25) is 4.79 Å². The van der Waals surface area contributed by atoms with E-state index in [1.807, 2.05) is 6.07 Å². The maximum Gasteiger partial charge on any atom is 0.341 e. The van der Waals surface area contributed by atoms with Crippen LogP contribution >= 0.6 is 22.9 Å². The number of aromatic nitrogens is 1. The molecule has 1 aliphatic carbocycles. The van der Waals surface area contributed by atoms with Gasteiger partial charge in [-0.2, -0.15) is 0 Å². The molecule has 4 rings (SSSR count). The van der Waals surface area contributed by atoms with Gasteiger partial charge in [-0.1, -0.05) is 41.9 Å². The number of amides is 1. The highest BCUT2D eigenvalue weighted by molar-refractivity contribution is 7.17. The predicted molar refractivity (Wildman–Crippen MR) is 116 cm³/mol. The number of nitrogens with one attached hydrogen (secondary N) is 1. The lowest BCUT2D eigenvalue weighted by atomic mass is 9.88. The number of fused-ring (bicyclic) bond motifs is 1. The van der Waals surface area contributed by atoms with Crippen molar-refractivity contribution in [3.8, 4) is 11.3 Å². The molecular formula is C22H21ClN2O4S. The number of methoxy groups -OCH3 is 1. The predicted octanol–water partition coefficient (Wildman–Crippen LogP) is 5.53. The van der Waals surface area contributed by atoms with Gasteiger partial charge in [0.15, 0.2) is 0 Å². The molecule has 0 saturated heterocycles. The first-order valence-electron chi connectivity index (χ1n) is 9.66. The number of hydrogen-bond donors (Lipinski definition) is 1. The highest BCUT2D eigenvalue weighted by Gasteiger charge is 2.30. The zero-order valence-corrected chi connectivity index (χ0v) is 18.4. The number of benzene rings is 1. The minimum Gasteiger partial charge on any atom is -0.465 e. The number of aryl methyl sites for hydroxylation is 1. The Morgan fingerprint density at radius 1 is 1.30 bits per heavy atom. The first-order chi connectivity index (χ1) is 14.4. The summed E-state index contributed by atoms with van der Waals surface area (Å²) in [6.07, 6.45) is 2.68. The van der Waals surface area contributed by atoms with E-state index in [2.05, 4.69) is 17.4 Å². The minimum atomic E-state index is -0.439. The Balaban J connectivity index is 1.73. The Morgan fingerprint density at radius 2 is 2.07 bits per heavy atom. The molecule has 0 radical (unpaired) electrons. The van der Waals surface area contributed by atoms with E-state index in [0.717, 1.165) is 29.7 Å². The summed E-state index contributed by atoms with van der Waals surface area (Å²) in [6.45, 7) is 3.86. The molecule has 0 fully saturated rings. The number of carbonyl (C=O) groups excluding carboxylic acids is 2. The van der Waals surface area contributed by atoms with Crippen LogP contribution in [-0.4, -0.2) is 24.1 Å². The quantitative estimate of drug-likeness (QED) is 0.535. The van der Waals surface area contributed by atoms with Gasteiger partial charge in [-0.05, 0) is 43.7 Å². The number of anilines is 1. The third-order valence-electron chi connectivity index (χ3n) is 5.35. The van der Waals surface area contributed by atoms with E-state index >= 15 is 0 Å². The van der Waals surface area contributed by atoms with E-state index in [4.69, 9.17) is 20.9 Å². The number of esters is 1. The second-order valence-corrected chi connectivity index (χ2v) is 8.96. The summed E-state index contributed by atoms with van der Waals surface area (Å²) in [5, 5.41) is 7.92. The molecule has 0 saturated carbocycles. The number of nitrogens with zero attached hydrogens (tertiary/aromatic N) is 1. The normalized spacial score (nSPS) is 15.5. The fraction of sp³-hybridized carbons (Fsp3) is 0.318. The molecular weight excluding hydrogens is 424 g/mol. The van der Waals surface area contributed by atoms with E-state index in [0.29, 0.717) is 44.1 Å². The molecule has 0 aliphatic heterocycles. The zero-order valence-electron chi connectivity index (χ0n) is 16.9. The molecule has 1 unspecified atom stereocenters. The van der Waals surface area contributed by atoms with Crippen molar-refractivity contribution in [2.24, 2.45) is 5.92 Å². The number of halogens is 1. The fourth-order valence-corrected chi connectivity index (χ4v) is 5.42. The molecule has 8 heteroatoms. The molecule has 2 aromatic heterocycles. The summed E-state index contributed by atoms with van der Waals surface area (Å²) in [6, 6.07) is 7.13. The molecule has 156 valence electrons. The van der Waals surface area contributed by atoms with Gasteiger partial charge in [0.25, 0.3) is 5.91 Å². The smallest absolute Gasteiger partial charge is 0.341 e. The summed E-state index contributed by atoms with van der Waals surface area (Å²) >= 11 is 7.74. The summed E-state index contributed by atoms with van der Waals surface area (Å²) in [4.78, 5) is 26.9. The molecule has 1 aromatic carbocycles. The Kier molecular flexibility index (Phi) is 5.66. The molecule has 1 aliphatic rings. The molecule has 1 N–H and O–H groups in total. The maximum absolute atomic E-state index is 13.2. The van der Waals surface area contributed by atoms with Crippen LogP contribution in [0, 0.1) is 12.8 Å².